The Hall–Kier alpha value is -1.81. The third kappa shape index (κ3) is 3.58. The first-order valence-electron chi connectivity index (χ1n) is 6.18. The van der Waals surface area contributed by atoms with E-state index < -0.39 is 0 Å². The minimum Gasteiger partial charge on any atom is -0.301 e. The van der Waals surface area contributed by atoms with Crippen LogP contribution >= 0.6 is 11.8 Å². The molecule has 98 valence electrons. The summed E-state index contributed by atoms with van der Waals surface area (Å²) in [5, 5.41) is 2.56. The highest BCUT2D eigenvalue weighted by Crippen LogP contribution is 2.16. The fraction of sp³-hybridized carbons (Fsp3) is 0.200. The van der Waals surface area contributed by atoms with Crippen molar-refractivity contribution < 1.29 is 0 Å². The van der Waals surface area contributed by atoms with Gasteiger partial charge in [0.1, 0.15) is 0 Å². The molecule has 2 rings (SSSR count). The second kappa shape index (κ2) is 6.38. The maximum atomic E-state index is 11.8. The van der Waals surface area contributed by atoms with Crippen molar-refractivity contribution >= 4 is 17.8 Å². The molecule has 0 unspecified atom stereocenters. The number of nitrogens with one attached hydrogen (secondary N) is 1. The van der Waals surface area contributed by atoms with Gasteiger partial charge in [0.2, 0.25) is 0 Å². The predicted molar refractivity (Wildman–Crippen MR) is 80.3 cm³/mol. The van der Waals surface area contributed by atoms with Crippen LogP contribution in [0.4, 0.5) is 0 Å². The van der Waals surface area contributed by atoms with Crippen molar-refractivity contribution in [2.24, 2.45) is 0 Å². The van der Waals surface area contributed by atoms with Gasteiger partial charge in [-0.3, -0.25) is 4.79 Å². The summed E-state index contributed by atoms with van der Waals surface area (Å²) in [6.45, 7) is 3.83. The van der Waals surface area contributed by atoms with E-state index in [2.05, 4.69) is 9.97 Å². The van der Waals surface area contributed by atoms with Gasteiger partial charge in [-0.2, -0.15) is 0 Å². The summed E-state index contributed by atoms with van der Waals surface area (Å²) < 4.78 is 0. The average Bonchev–Trinajstić information content (AvgIpc) is 2.40. The van der Waals surface area contributed by atoms with Crippen LogP contribution in [0.2, 0.25) is 0 Å². The third-order valence-corrected chi connectivity index (χ3v) is 3.48. The van der Waals surface area contributed by atoms with Crippen LogP contribution in [0.5, 0.6) is 0 Å². The van der Waals surface area contributed by atoms with Crippen molar-refractivity contribution in [3.05, 3.63) is 62.9 Å². The molecule has 2 aromatic rings. The van der Waals surface area contributed by atoms with E-state index in [9.17, 15) is 4.79 Å². The van der Waals surface area contributed by atoms with E-state index >= 15 is 0 Å². The quantitative estimate of drug-likeness (QED) is 0.685. The van der Waals surface area contributed by atoms with Gasteiger partial charge in [-0.05, 0) is 30.4 Å². The van der Waals surface area contributed by atoms with Gasteiger partial charge >= 0.3 is 0 Å². The zero-order valence-corrected chi connectivity index (χ0v) is 11.8. The van der Waals surface area contributed by atoms with Crippen LogP contribution in [0.15, 0.2) is 45.7 Å². The van der Waals surface area contributed by atoms with Crippen LogP contribution in [-0.4, -0.2) is 9.97 Å². The second-order valence-electron chi connectivity index (χ2n) is 4.12. The van der Waals surface area contributed by atoms with Gasteiger partial charge in [-0.1, -0.05) is 49.0 Å². The van der Waals surface area contributed by atoms with Gasteiger partial charge in [0, 0.05) is 11.3 Å². The lowest BCUT2D eigenvalue weighted by Crippen LogP contribution is -2.16. The van der Waals surface area contributed by atoms with Gasteiger partial charge in [0.05, 0.1) is 0 Å². The highest BCUT2D eigenvalue weighted by molar-refractivity contribution is 8.02. The lowest BCUT2D eigenvalue weighted by Gasteiger charge is -2.02. The van der Waals surface area contributed by atoms with Gasteiger partial charge in [0.25, 0.3) is 5.56 Å². The smallest absolute Gasteiger partial charge is 0.254 e. The first kappa shape index (κ1) is 13.6. The molecule has 19 heavy (non-hydrogen) atoms. The Kier molecular flexibility index (Phi) is 4.58. The minimum atomic E-state index is -0.0365. The number of benzene rings is 1. The van der Waals surface area contributed by atoms with Crippen LogP contribution in [0.3, 0.4) is 0 Å². The van der Waals surface area contributed by atoms with Crippen LogP contribution in [-0.2, 0) is 6.42 Å². The van der Waals surface area contributed by atoms with E-state index in [1.54, 1.807) is 0 Å². The van der Waals surface area contributed by atoms with Gasteiger partial charge in [-0.15, -0.1) is 0 Å². The lowest BCUT2D eigenvalue weighted by atomic mass is 10.2. The Morgan fingerprint density at radius 3 is 2.68 bits per heavy atom. The van der Waals surface area contributed by atoms with Crippen LogP contribution < -0.4 is 5.56 Å². The molecule has 1 aromatic heterocycles. The highest BCUT2D eigenvalue weighted by Gasteiger charge is 2.05. The fourth-order valence-electron chi connectivity index (χ4n) is 1.80. The van der Waals surface area contributed by atoms with Crippen molar-refractivity contribution in [3.8, 4) is 0 Å². The maximum Gasteiger partial charge on any atom is 0.254 e. The van der Waals surface area contributed by atoms with Crippen molar-refractivity contribution in [1.29, 1.82) is 0 Å². The van der Waals surface area contributed by atoms with Crippen LogP contribution in [0, 0.1) is 6.92 Å². The van der Waals surface area contributed by atoms with E-state index in [1.165, 1.54) is 11.8 Å². The molecule has 0 aliphatic rings. The third-order valence-electron chi connectivity index (χ3n) is 2.79. The van der Waals surface area contributed by atoms with Crippen molar-refractivity contribution in [2.45, 2.75) is 25.4 Å². The number of hydrogen-bond acceptors (Lipinski definition) is 3. The molecule has 3 nitrogen and oxygen atoms in total. The zero-order chi connectivity index (χ0) is 13.7. The Bertz CT molecular complexity index is 632. The van der Waals surface area contributed by atoms with Crippen molar-refractivity contribution in [1.82, 2.24) is 9.97 Å². The van der Waals surface area contributed by atoms with Crippen molar-refractivity contribution in [3.63, 3.8) is 0 Å². The van der Waals surface area contributed by atoms with E-state index in [4.69, 9.17) is 0 Å². The summed E-state index contributed by atoms with van der Waals surface area (Å²) in [4.78, 5) is 19.0. The first-order valence-corrected chi connectivity index (χ1v) is 7.06. The summed E-state index contributed by atoms with van der Waals surface area (Å²) in [6.07, 6.45) is 2.70. The number of aryl methyl sites for hydroxylation is 1. The predicted octanol–water partition coefficient (Wildman–Crippen LogP) is 3.40. The summed E-state index contributed by atoms with van der Waals surface area (Å²) in [5.41, 5.74) is 2.66. The number of thioether (sulfide) groups is 1. The van der Waals surface area contributed by atoms with Crippen LogP contribution in [0.25, 0.3) is 6.08 Å². The summed E-state index contributed by atoms with van der Waals surface area (Å²) in [6, 6.07) is 10.0. The molecule has 0 saturated heterocycles. The highest BCUT2D eigenvalue weighted by atomic mass is 32.2. The molecule has 1 aromatic carbocycles. The maximum absolute atomic E-state index is 11.8. The molecular formula is C15H16N2OS. The molecule has 0 spiro atoms. The van der Waals surface area contributed by atoms with E-state index in [1.807, 2.05) is 55.7 Å². The molecule has 0 saturated carbocycles. The Labute approximate surface area is 116 Å². The topological polar surface area (TPSA) is 45.8 Å². The summed E-state index contributed by atoms with van der Waals surface area (Å²) >= 11 is 1.42. The normalized spacial score (nSPS) is 11.1. The van der Waals surface area contributed by atoms with Gasteiger partial charge < -0.3 is 4.98 Å². The van der Waals surface area contributed by atoms with Gasteiger partial charge in [0.15, 0.2) is 5.16 Å². The molecule has 4 heteroatoms. The fourth-order valence-corrected chi connectivity index (χ4v) is 2.49. The molecule has 0 aliphatic heterocycles. The number of aromatic nitrogens is 2. The van der Waals surface area contributed by atoms with Crippen molar-refractivity contribution in [2.75, 3.05) is 0 Å². The Balaban J connectivity index is 2.13. The van der Waals surface area contributed by atoms with E-state index in [-0.39, 0.29) is 5.56 Å². The molecule has 1 N–H and O–H groups in total. The van der Waals surface area contributed by atoms with Crippen LogP contribution in [0.1, 0.15) is 23.7 Å². The van der Waals surface area contributed by atoms with Gasteiger partial charge in [-0.25, -0.2) is 4.98 Å². The Morgan fingerprint density at radius 1 is 1.32 bits per heavy atom. The molecule has 0 fully saturated rings. The minimum absolute atomic E-state index is 0.0365. The largest absolute Gasteiger partial charge is 0.301 e. The summed E-state index contributed by atoms with van der Waals surface area (Å²) in [5.74, 6) is 0. The SMILES string of the molecule is CCc1c(C)nc(SC=Cc2ccccc2)[nH]c1=O. The van der Waals surface area contributed by atoms with E-state index in [0.29, 0.717) is 11.6 Å². The Morgan fingerprint density at radius 2 is 2.05 bits per heavy atom. The summed E-state index contributed by atoms with van der Waals surface area (Å²) in [7, 11) is 0. The molecule has 1 heterocycles. The standard InChI is InChI=1S/C15H16N2OS/c1-3-13-11(2)16-15(17-14(13)18)19-10-9-12-7-5-4-6-8-12/h4-10H,3H2,1-2H3,(H,16,17,18). The number of H-pyrrole nitrogens is 1. The zero-order valence-electron chi connectivity index (χ0n) is 11.0. The second-order valence-corrected chi connectivity index (χ2v) is 5.01. The number of rotatable bonds is 4. The number of hydrogen-bond donors (Lipinski definition) is 1. The molecule has 0 radical (unpaired) electrons. The number of nitrogens with zero attached hydrogens (tertiary/aromatic N) is 1. The molecule has 0 atom stereocenters. The lowest BCUT2D eigenvalue weighted by molar-refractivity contribution is 0.861. The molecule has 0 bridgehead atoms. The number of aromatic amines is 1. The van der Waals surface area contributed by atoms with E-state index in [0.717, 1.165) is 16.8 Å². The molecule has 0 aliphatic carbocycles. The molecular weight excluding hydrogens is 256 g/mol. The average molecular weight is 272 g/mol. The monoisotopic (exact) mass is 272 g/mol. The first-order chi connectivity index (χ1) is 9.20. The molecule has 0 amide bonds.